The number of carbonyl (C=O) groups is 1. The van der Waals surface area contributed by atoms with Gasteiger partial charge in [0.2, 0.25) is 0 Å². The van der Waals surface area contributed by atoms with Crippen molar-refractivity contribution in [2.24, 2.45) is 0 Å². The minimum atomic E-state index is -1.33. The molecule has 22 heavy (non-hydrogen) atoms. The van der Waals surface area contributed by atoms with Crippen LogP contribution in [0.25, 0.3) is 0 Å². The predicted octanol–water partition coefficient (Wildman–Crippen LogP) is 7.42. The molecule has 116 valence electrons. The van der Waals surface area contributed by atoms with Gasteiger partial charge in [-0.15, -0.1) is 0 Å². The van der Waals surface area contributed by atoms with E-state index in [0.29, 0.717) is 5.02 Å². The van der Waals surface area contributed by atoms with Crippen molar-refractivity contribution in [3.63, 3.8) is 0 Å². The van der Waals surface area contributed by atoms with Crippen molar-refractivity contribution in [2.45, 2.75) is 0 Å². The highest BCUT2D eigenvalue weighted by Crippen LogP contribution is 2.49. The van der Waals surface area contributed by atoms with Gasteiger partial charge in [0.05, 0.1) is 36.5 Å². The standard InChI is InChI=1S/C13H5Cl6NO2/c14-5-1-3-6(4-2-5)20(13(21)22)12-10(18)8(16)7(15)9(17)11(12)19/h1-4H,(H,21,22). The zero-order chi connectivity index (χ0) is 16.6. The molecule has 0 heterocycles. The third kappa shape index (κ3) is 3.21. The van der Waals surface area contributed by atoms with Crippen molar-refractivity contribution in [3.8, 4) is 0 Å². The summed E-state index contributed by atoms with van der Waals surface area (Å²) in [5, 5.41) is 9.46. The monoisotopic (exact) mass is 417 g/mol. The predicted molar refractivity (Wildman–Crippen MR) is 93.1 cm³/mol. The first kappa shape index (κ1) is 17.8. The van der Waals surface area contributed by atoms with Crippen LogP contribution in [0.3, 0.4) is 0 Å². The molecule has 0 aliphatic carbocycles. The molecule has 0 saturated carbocycles. The Balaban J connectivity index is 2.75. The third-order valence-electron chi connectivity index (χ3n) is 2.69. The van der Waals surface area contributed by atoms with E-state index in [1.165, 1.54) is 24.3 Å². The van der Waals surface area contributed by atoms with Crippen LogP contribution < -0.4 is 4.90 Å². The summed E-state index contributed by atoms with van der Waals surface area (Å²) in [6, 6.07) is 6.01. The Hall–Kier alpha value is -0.550. The van der Waals surface area contributed by atoms with Gasteiger partial charge >= 0.3 is 6.09 Å². The Morgan fingerprint density at radius 2 is 1.18 bits per heavy atom. The molecule has 0 bridgehead atoms. The number of rotatable bonds is 2. The van der Waals surface area contributed by atoms with Crippen LogP contribution in [0.1, 0.15) is 0 Å². The fraction of sp³-hybridized carbons (Fsp3) is 0. The molecule has 2 aromatic carbocycles. The zero-order valence-electron chi connectivity index (χ0n) is 10.4. The number of hydrogen-bond acceptors (Lipinski definition) is 1. The van der Waals surface area contributed by atoms with Gasteiger partial charge in [0.15, 0.2) is 0 Å². The van der Waals surface area contributed by atoms with Crippen LogP contribution in [-0.2, 0) is 0 Å². The second kappa shape index (κ2) is 6.91. The van der Waals surface area contributed by atoms with Gasteiger partial charge in [0, 0.05) is 5.02 Å². The smallest absolute Gasteiger partial charge is 0.416 e. The zero-order valence-corrected chi connectivity index (χ0v) is 14.9. The highest BCUT2D eigenvalue weighted by atomic mass is 35.5. The van der Waals surface area contributed by atoms with E-state index in [4.69, 9.17) is 69.6 Å². The fourth-order valence-electron chi connectivity index (χ4n) is 1.71. The van der Waals surface area contributed by atoms with E-state index in [1.54, 1.807) is 0 Å². The summed E-state index contributed by atoms with van der Waals surface area (Å²) in [6.45, 7) is 0. The minimum absolute atomic E-state index is 0.0523. The number of halogens is 6. The molecule has 3 nitrogen and oxygen atoms in total. The van der Waals surface area contributed by atoms with E-state index >= 15 is 0 Å². The van der Waals surface area contributed by atoms with Crippen LogP contribution in [0.5, 0.6) is 0 Å². The molecule has 0 aliphatic rings. The number of anilines is 2. The second-order valence-corrected chi connectivity index (χ2v) is 6.34. The molecule has 0 saturated heterocycles. The molecule has 0 spiro atoms. The van der Waals surface area contributed by atoms with Crippen molar-refractivity contribution in [3.05, 3.63) is 54.4 Å². The number of hydrogen-bond donors (Lipinski definition) is 1. The maximum Gasteiger partial charge on any atom is 0.416 e. The summed E-state index contributed by atoms with van der Waals surface area (Å²) >= 11 is 35.9. The van der Waals surface area contributed by atoms with E-state index in [2.05, 4.69) is 0 Å². The lowest BCUT2D eigenvalue weighted by molar-refractivity contribution is 0.205. The highest BCUT2D eigenvalue weighted by Gasteiger charge is 2.28. The normalized spacial score (nSPS) is 10.6. The van der Waals surface area contributed by atoms with Crippen molar-refractivity contribution >= 4 is 87.1 Å². The summed E-state index contributed by atoms with van der Waals surface area (Å²) in [5.74, 6) is 0. The van der Waals surface area contributed by atoms with Crippen LogP contribution in [-0.4, -0.2) is 11.2 Å². The Morgan fingerprint density at radius 3 is 1.59 bits per heavy atom. The molecule has 0 unspecified atom stereocenters. The van der Waals surface area contributed by atoms with E-state index in [1.807, 2.05) is 0 Å². The number of amides is 1. The summed E-state index contributed by atoms with van der Waals surface area (Å²) < 4.78 is 0. The molecule has 0 radical (unpaired) electrons. The molecule has 0 aromatic heterocycles. The molecule has 9 heteroatoms. The number of benzene rings is 2. The Labute approximate surface area is 155 Å². The average Bonchev–Trinajstić information content (AvgIpc) is 2.48. The Bertz CT molecular complexity index is 718. The summed E-state index contributed by atoms with van der Waals surface area (Å²) in [6.07, 6.45) is -1.33. The van der Waals surface area contributed by atoms with Crippen molar-refractivity contribution in [2.75, 3.05) is 4.90 Å². The highest BCUT2D eigenvalue weighted by molar-refractivity contribution is 6.56. The number of carboxylic acid groups (broad SMARTS) is 1. The average molecular weight is 420 g/mol. The van der Waals surface area contributed by atoms with Crippen LogP contribution in [0, 0.1) is 0 Å². The van der Waals surface area contributed by atoms with Gasteiger partial charge in [-0.1, -0.05) is 69.6 Å². The first-order valence-electron chi connectivity index (χ1n) is 5.55. The Kier molecular flexibility index (Phi) is 5.59. The van der Waals surface area contributed by atoms with Crippen LogP contribution >= 0.6 is 69.6 Å². The molecule has 2 rings (SSSR count). The molecule has 0 aliphatic heterocycles. The molecule has 0 atom stereocenters. The number of nitrogens with zero attached hydrogens (tertiary/aromatic N) is 1. The molecule has 1 N–H and O–H groups in total. The van der Waals surface area contributed by atoms with Gasteiger partial charge in [0.1, 0.15) is 0 Å². The third-order valence-corrected chi connectivity index (χ3v) is 5.20. The first-order valence-corrected chi connectivity index (χ1v) is 7.82. The van der Waals surface area contributed by atoms with Gasteiger partial charge < -0.3 is 5.11 Å². The van der Waals surface area contributed by atoms with Gasteiger partial charge in [0.25, 0.3) is 0 Å². The van der Waals surface area contributed by atoms with E-state index < -0.39 is 6.09 Å². The van der Waals surface area contributed by atoms with Crippen LogP contribution in [0.15, 0.2) is 24.3 Å². The fourth-order valence-corrected chi connectivity index (χ4v) is 3.14. The quantitative estimate of drug-likeness (QED) is 0.406. The van der Waals surface area contributed by atoms with E-state index in [9.17, 15) is 9.90 Å². The van der Waals surface area contributed by atoms with Crippen LogP contribution in [0.4, 0.5) is 16.2 Å². The largest absolute Gasteiger partial charge is 0.464 e. The molecular formula is C13H5Cl6NO2. The molecule has 0 fully saturated rings. The lowest BCUT2D eigenvalue weighted by atomic mass is 10.2. The minimum Gasteiger partial charge on any atom is -0.464 e. The Morgan fingerprint density at radius 1 is 0.773 bits per heavy atom. The van der Waals surface area contributed by atoms with E-state index in [-0.39, 0.29) is 36.5 Å². The topological polar surface area (TPSA) is 40.5 Å². The summed E-state index contributed by atoms with van der Waals surface area (Å²) in [5.41, 5.74) is 0.174. The van der Waals surface area contributed by atoms with Gasteiger partial charge in [-0.05, 0) is 24.3 Å². The summed E-state index contributed by atoms with van der Waals surface area (Å²) in [4.78, 5) is 12.5. The maximum absolute atomic E-state index is 11.7. The second-order valence-electron chi connectivity index (χ2n) is 4.01. The molecule has 1 amide bonds. The van der Waals surface area contributed by atoms with Crippen molar-refractivity contribution < 1.29 is 9.90 Å². The maximum atomic E-state index is 11.7. The van der Waals surface area contributed by atoms with Crippen LogP contribution in [0.2, 0.25) is 30.1 Å². The SMILES string of the molecule is O=C(O)N(c1ccc(Cl)cc1)c1c(Cl)c(Cl)c(Cl)c(Cl)c1Cl. The molecule has 2 aromatic rings. The van der Waals surface area contributed by atoms with Gasteiger partial charge in [-0.25, -0.2) is 9.69 Å². The lowest BCUT2D eigenvalue weighted by Crippen LogP contribution is -2.24. The summed E-state index contributed by atoms with van der Waals surface area (Å²) in [7, 11) is 0. The van der Waals surface area contributed by atoms with Gasteiger partial charge in [-0.3, -0.25) is 0 Å². The lowest BCUT2D eigenvalue weighted by Gasteiger charge is -2.23. The van der Waals surface area contributed by atoms with Gasteiger partial charge in [-0.2, -0.15) is 0 Å². The van der Waals surface area contributed by atoms with Crippen molar-refractivity contribution in [1.29, 1.82) is 0 Å². The molecular weight excluding hydrogens is 415 g/mol. The van der Waals surface area contributed by atoms with Crippen molar-refractivity contribution in [1.82, 2.24) is 0 Å². The van der Waals surface area contributed by atoms with E-state index in [0.717, 1.165) is 4.90 Å². The first-order chi connectivity index (χ1) is 10.3.